The minimum atomic E-state index is -4.84. The van der Waals surface area contributed by atoms with Gasteiger partial charge in [0.1, 0.15) is 6.10 Å². The maximum absolute atomic E-state index is 13.5. The van der Waals surface area contributed by atoms with Crippen molar-refractivity contribution in [3.63, 3.8) is 0 Å². The lowest BCUT2D eigenvalue weighted by Crippen LogP contribution is -2.26. The third-order valence-electron chi connectivity index (χ3n) is 4.96. The van der Waals surface area contributed by atoms with Crippen molar-refractivity contribution in [3.05, 3.63) is 0 Å². The monoisotopic (exact) mass is 440 g/mol. The Hall–Kier alpha value is -0.490. The lowest BCUT2D eigenvalue weighted by molar-refractivity contribution is -0.152. The lowest BCUT2D eigenvalue weighted by atomic mass is 10.0. The highest BCUT2D eigenvalue weighted by molar-refractivity contribution is 7.52. The smallest absolute Gasteiger partial charge is 0.359 e. The molecule has 1 unspecified atom stereocenters. The molecule has 0 saturated heterocycles. The minimum absolute atomic E-state index is 0.0925. The van der Waals surface area contributed by atoms with E-state index in [4.69, 9.17) is 19.3 Å². The number of methoxy groups -OCH3 is 1. The molecule has 0 radical (unpaired) electrons. The summed E-state index contributed by atoms with van der Waals surface area (Å²) in [5.41, 5.74) is 0. The van der Waals surface area contributed by atoms with Crippen LogP contribution in [-0.2, 0) is 18.8 Å². The van der Waals surface area contributed by atoms with Gasteiger partial charge in [0, 0.05) is 20.0 Å². The molecule has 0 aromatic rings. The van der Waals surface area contributed by atoms with Gasteiger partial charge in [0.15, 0.2) is 0 Å². The number of hydrogen-bond acceptors (Lipinski definition) is 4. The molecule has 0 aliphatic heterocycles. The molecule has 2 atom stereocenters. The molecule has 174 valence electrons. The van der Waals surface area contributed by atoms with Crippen LogP contribution in [0.15, 0.2) is 0 Å². The first-order valence-corrected chi connectivity index (χ1v) is 12.9. The molecular formula is C21H42FO6P. The molecule has 0 heterocycles. The third-order valence-corrected chi connectivity index (χ3v) is 5.90. The summed E-state index contributed by atoms with van der Waals surface area (Å²) in [6, 6.07) is 0. The van der Waals surface area contributed by atoms with Crippen molar-refractivity contribution in [1.29, 1.82) is 0 Å². The van der Waals surface area contributed by atoms with Crippen molar-refractivity contribution in [1.82, 2.24) is 0 Å². The van der Waals surface area contributed by atoms with Gasteiger partial charge in [0.2, 0.25) is 5.91 Å². The zero-order valence-corrected chi connectivity index (χ0v) is 19.2. The molecule has 0 aliphatic carbocycles. The first kappa shape index (κ1) is 28.5. The molecule has 0 aromatic heterocycles. The van der Waals surface area contributed by atoms with Gasteiger partial charge in [-0.2, -0.15) is 0 Å². The summed E-state index contributed by atoms with van der Waals surface area (Å²) in [5.74, 6) is -2.83. The van der Waals surface area contributed by atoms with Gasteiger partial charge in [-0.05, 0) is 6.42 Å². The van der Waals surface area contributed by atoms with Gasteiger partial charge in [-0.25, -0.2) is 4.39 Å². The molecule has 0 spiro atoms. The van der Waals surface area contributed by atoms with Gasteiger partial charge in [0.25, 0.3) is 0 Å². The number of esters is 1. The molecule has 0 saturated carbocycles. The Balaban J connectivity index is 3.68. The maximum atomic E-state index is 13.5. The van der Waals surface area contributed by atoms with Crippen LogP contribution in [-0.4, -0.2) is 41.5 Å². The van der Waals surface area contributed by atoms with Crippen molar-refractivity contribution < 1.29 is 33.0 Å². The van der Waals surface area contributed by atoms with Crippen LogP contribution < -0.4 is 0 Å². The van der Waals surface area contributed by atoms with Crippen LogP contribution in [0.5, 0.6) is 0 Å². The van der Waals surface area contributed by atoms with Gasteiger partial charge in [-0.15, -0.1) is 0 Å². The lowest BCUT2D eigenvalue weighted by Gasteiger charge is -2.19. The van der Waals surface area contributed by atoms with Gasteiger partial charge in [-0.1, -0.05) is 84.0 Å². The fraction of sp³-hybridized carbons (Fsp3) is 0.952. The first-order valence-electron chi connectivity index (χ1n) is 11.2. The van der Waals surface area contributed by atoms with Crippen LogP contribution in [0.25, 0.3) is 0 Å². The zero-order valence-electron chi connectivity index (χ0n) is 18.3. The number of carbonyl (C=O) groups excluding carboxylic acids is 1. The average molecular weight is 441 g/mol. The number of unbranched alkanes of at least 4 members (excludes halogenated alkanes) is 12. The van der Waals surface area contributed by atoms with E-state index in [9.17, 15) is 13.8 Å². The molecule has 0 aliphatic rings. The highest BCUT2D eigenvalue weighted by Crippen LogP contribution is 2.44. The zero-order chi connectivity index (χ0) is 22.0. The van der Waals surface area contributed by atoms with E-state index >= 15 is 0 Å². The summed E-state index contributed by atoms with van der Waals surface area (Å²) in [4.78, 5) is 29.5. The second-order valence-electron chi connectivity index (χ2n) is 7.82. The quantitative estimate of drug-likeness (QED) is 0.139. The van der Waals surface area contributed by atoms with E-state index in [1.54, 1.807) is 0 Å². The molecule has 0 amide bonds. The van der Waals surface area contributed by atoms with E-state index in [0.29, 0.717) is 6.42 Å². The molecule has 0 bridgehead atoms. The highest BCUT2D eigenvalue weighted by atomic mass is 31.2. The molecule has 6 nitrogen and oxygen atoms in total. The Bertz CT molecular complexity index is 443. The van der Waals surface area contributed by atoms with E-state index in [-0.39, 0.29) is 13.0 Å². The number of hydrogen-bond donors (Lipinski definition) is 2. The van der Waals surface area contributed by atoms with Gasteiger partial charge in [0.05, 0.1) is 6.61 Å². The van der Waals surface area contributed by atoms with Crippen molar-refractivity contribution in [3.8, 4) is 0 Å². The van der Waals surface area contributed by atoms with Crippen LogP contribution >= 0.6 is 7.60 Å². The van der Waals surface area contributed by atoms with E-state index in [1.165, 1.54) is 71.3 Å². The second-order valence-corrected chi connectivity index (χ2v) is 9.56. The Labute approximate surface area is 176 Å². The number of ether oxygens (including phenoxy) is 2. The second kappa shape index (κ2) is 18.3. The summed E-state index contributed by atoms with van der Waals surface area (Å²) in [7, 11) is -3.48. The van der Waals surface area contributed by atoms with E-state index < -0.39 is 32.0 Å². The van der Waals surface area contributed by atoms with Gasteiger partial charge < -0.3 is 19.3 Å². The fourth-order valence-electron chi connectivity index (χ4n) is 3.22. The first-order chi connectivity index (χ1) is 13.8. The summed E-state index contributed by atoms with van der Waals surface area (Å²) < 4.78 is 34.4. The normalized spacial score (nSPS) is 14.0. The van der Waals surface area contributed by atoms with Gasteiger partial charge >= 0.3 is 13.6 Å². The number of alkyl halides is 1. The Morgan fingerprint density at radius 3 is 1.76 bits per heavy atom. The summed E-state index contributed by atoms with van der Waals surface area (Å²) in [6.07, 6.45) is 14.4. The van der Waals surface area contributed by atoms with Crippen LogP contribution in [0.2, 0.25) is 0 Å². The highest BCUT2D eigenvalue weighted by Gasteiger charge is 2.32. The number of halogens is 1. The summed E-state index contributed by atoms with van der Waals surface area (Å²) >= 11 is 0. The maximum Gasteiger partial charge on any atom is 0.359 e. The summed E-state index contributed by atoms with van der Waals surface area (Å²) in [6.45, 7) is 2.14. The van der Waals surface area contributed by atoms with Crippen molar-refractivity contribution in [2.45, 2.75) is 115 Å². The van der Waals surface area contributed by atoms with Crippen LogP contribution in [0.4, 0.5) is 4.39 Å². The standard InChI is InChI=1S/C21H42FO6P/c1-3-4-5-6-7-8-9-10-11-12-13-14-15-16-21(23)28-19(18-27-2)17-20(22)29(24,25)26/h19-20H,3-18H2,1-2H3,(H2,24,25,26)/t19-,20?/m0/s1. The SMILES string of the molecule is CCCCCCCCCCCCCCCC(=O)O[C@H](COC)CC(F)P(=O)(O)O. The largest absolute Gasteiger partial charge is 0.460 e. The molecule has 8 heteroatoms. The Kier molecular flexibility index (Phi) is 18.0. The summed E-state index contributed by atoms with van der Waals surface area (Å²) in [5, 5.41) is 0. The van der Waals surface area contributed by atoms with Crippen molar-refractivity contribution in [2.75, 3.05) is 13.7 Å². The molecule has 0 fully saturated rings. The Morgan fingerprint density at radius 2 is 1.34 bits per heavy atom. The third kappa shape index (κ3) is 18.0. The predicted molar refractivity (Wildman–Crippen MR) is 114 cm³/mol. The van der Waals surface area contributed by atoms with Crippen molar-refractivity contribution >= 4 is 13.6 Å². The van der Waals surface area contributed by atoms with Crippen LogP contribution in [0, 0.1) is 0 Å². The van der Waals surface area contributed by atoms with E-state index in [0.717, 1.165) is 12.8 Å². The molecule has 2 N–H and O–H groups in total. The molecule has 0 aromatic carbocycles. The molecule has 29 heavy (non-hydrogen) atoms. The van der Waals surface area contributed by atoms with Crippen LogP contribution in [0.3, 0.4) is 0 Å². The minimum Gasteiger partial charge on any atom is -0.460 e. The number of rotatable bonds is 20. The van der Waals surface area contributed by atoms with Crippen LogP contribution in [0.1, 0.15) is 103 Å². The fourth-order valence-corrected chi connectivity index (χ4v) is 3.73. The number of carbonyl (C=O) groups is 1. The van der Waals surface area contributed by atoms with E-state index in [1.807, 2.05) is 0 Å². The van der Waals surface area contributed by atoms with E-state index in [2.05, 4.69) is 6.92 Å². The Morgan fingerprint density at radius 1 is 0.897 bits per heavy atom. The van der Waals surface area contributed by atoms with Gasteiger partial charge in [-0.3, -0.25) is 9.36 Å². The molecule has 0 rings (SSSR count). The average Bonchev–Trinajstić information content (AvgIpc) is 2.64. The molecular weight excluding hydrogens is 398 g/mol. The topological polar surface area (TPSA) is 93.1 Å². The predicted octanol–water partition coefficient (Wildman–Crippen LogP) is 5.89. The van der Waals surface area contributed by atoms with Crippen molar-refractivity contribution in [2.24, 2.45) is 0 Å².